The van der Waals surface area contributed by atoms with Crippen LogP contribution in [0, 0.1) is 11.8 Å². The van der Waals surface area contributed by atoms with Gasteiger partial charge in [-0.15, -0.1) is 0 Å². The predicted molar refractivity (Wildman–Crippen MR) is 124 cm³/mol. The van der Waals surface area contributed by atoms with Crippen LogP contribution in [0.3, 0.4) is 0 Å². The van der Waals surface area contributed by atoms with Crippen LogP contribution < -0.4 is 35.7 Å². The monoisotopic (exact) mass is 507 g/mol. The number of hydrogen-bond acceptors (Lipinski definition) is 9. The molecule has 0 radical (unpaired) electrons. The standard InChI is InChI=1S/C20H38O7S.C2H6O.H3N.Na/c1-5-9-11-16(7-3)14-26-19(21)13-18(28(23,24)25)20(22)27-15-17(8-4)12-10-6-2;1-2-3;;/h16-18H,5-15H2,1-4H3,(H,23,24,25);3H,2H2,1H3;1H3;/q;;;+1/p-1. The van der Waals surface area contributed by atoms with Crippen molar-refractivity contribution in [1.29, 1.82) is 0 Å². The van der Waals surface area contributed by atoms with Gasteiger partial charge in [-0.2, -0.15) is 0 Å². The van der Waals surface area contributed by atoms with E-state index in [1.54, 1.807) is 6.92 Å². The van der Waals surface area contributed by atoms with Gasteiger partial charge in [-0.1, -0.05) is 66.2 Å². The molecule has 0 aromatic rings. The Kier molecular flexibility index (Phi) is 30.1. The topological polar surface area (TPSA) is 165 Å². The molecule has 0 bridgehead atoms. The summed E-state index contributed by atoms with van der Waals surface area (Å²) in [6.45, 7) is 10.2. The molecule has 0 fully saturated rings. The Labute approximate surface area is 223 Å². The van der Waals surface area contributed by atoms with Crippen LogP contribution >= 0.6 is 0 Å². The van der Waals surface area contributed by atoms with Crippen molar-refractivity contribution in [3.63, 3.8) is 0 Å². The largest absolute Gasteiger partial charge is 1.00 e. The number of carbonyl (C=O) groups excluding carboxylic acids is 2. The SMILES string of the molecule is CCCCC(CC)COC(=O)CC(C(=O)OCC(CC)CCCC)S(=O)(=O)[O-].CCO.N.[Na+]. The molecule has 0 aromatic carbocycles. The molecule has 9 nitrogen and oxygen atoms in total. The van der Waals surface area contributed by atoms with Crippen LogP contribution in [0.5, 0.6) is 0 Å². The molecule has 0 aliphatic rings. The van der Waals surface area contributed by atoms with Crippen LogP contribution in [0.25, 0.3) is 0 Å². The predicted octanol–water partition coefficient (Wildman–Crippen LogP) is 0.974. The molecule has 0 saturated carbocycles. The summed E-state index contributed by atoms with van der Waals surface area (Å²) in [6, 6.07) is 0. The van der Waals surface area contributed by atoms with Gasteiger partial charge in [0.15, 0.2) is 5.25 Å². The van der Waals surface area contributed by atoms with Crippen LogP contribution in [0.2, 0.25) is 0 Å². The number of rotatable bonds is 16. The van der Waals surface area contributed by atoms with Crippen molar-refractivity contribution in [2.24, 2.45) is 11.8 Å². The molecule has 0 spiro atoms. The van der Waals surface area contributed by atoms with Gasteiger partial charge in [-0.3, -0.25) is 9.59 Å². The maximum Gasteiger partial charge on any atom is 1.00 e. The van der Waals surface area contributed by atoms with E-state index in [1.165, 1.54) is 0 Å². The van der Waals surface area contributed by atoms with Gasteiger partial charge in [0.25, 0.3) is 0 Å². The maximum absolute atomic E-state index is 12.1. The first-order valence-corrected chi connectivity index (χ1v) is 13.0. The quantitative estimate of drug-likeness (QED) is 0.176. The Morgan fingerprint density at radius 3 is 1.61 bits per heavy atom. The van der Waals surface area contributed by atoms with Gasteiger partial charge in [0.1, 0.15) is 10.1 Å². The molecule has 0 heterocycles. The van der Waals surface area contributed by atoms with Crippen molar-refractivity contribution in [2.75, 3.05) is 19.8 Å². The van der Waals surface area contributed by atoms with Crippen molar-refractivity contribution < 1.29 is 66.7 Å². The minimum absolute atomic E-state index is 0. The zero-order chi connectivity index (χ0) is 24.3. The summed E-state index contributed by atoms with van der Waals surface area (Å²) in [5.41, 5.74) is 0. The summed E-state index contributed by atoms with van der Waals surface area (Å²) in [6.07, 6.45) is 6.58. The van der Waals surface area contributed by atoms with Gasteiger partial charge in [0.05, 0.1) is 19.6 Å². The fourth-order valence-electron chi connectivity index (χ4n) is 2.81. The van der Waals surface area contributed by atoms with Crippen molar-refractivity contribution in [3.05, 3.63) is 0 Å². The number of hydrogen-bond donors (Lipinski definition) is 2. The molecule has 0 amide bonds. The first-order chi connectivity index (χ1) is 14.6. The second-order valence-electron chi connectivity index (χ2n) is 7.65. The van der Waals surface area contributed by atoms with Gasteiger partial charge in [0, 0.05) is 6.61 Å². The van der Waals surface area contributed by atoms with Crippen molar-refractivity contribution in [2.45, 2.75) is 97.7 Å². The van der Waals surface area contributed by atoms with E-state index in [1.807, 2.05) is 13.8 Å². The summed E-state index contributed by atoms with van der Waals surface area (Å²) in [4.78, 5) is 24.1. The van der Waals surface area contributed by atoms with E-state index >= 15 is 0 Å². The molecule has 33 heavy (non-hydrogen) atoms. The Balaban J connectivity index is -0.000000793. The Bertz CT molecular complexity index is 575. The van der Waals surface area contributed by atoms with E-state index in [0.717, 1.165) is 51.4 Å². The second kappa shape index (κ2) is 24.9. The van der Waals surface area contributed by atoms with Crippen molar-refractivity contribution >= 4 is 22.1 Å². The molecule has 0 rings (SSSR count). The van der Waals surface area contributed by atoms with Crippen molar-refractivity contribution in [3.8, 4) is 0 Å². The molecule has 0 aliphatic heterocycles. The van der Waals surface area contributed by atoms with Gasteiger partial charge < -0.3 is 25.3 Å². The molecule has 11 heteroatoms. The first kappa shape index (κ1) is 40.0. The van der Waals surface area contributed by atoms with E-state index in [2.05, 4.69) is 13.8 Å². The molecule has 0 aliphatic carbocycles. The normalized spacial score (nSPS) is 13.2. The minimum atomic E-state index is -5.01. The van der Waals surface area contributed by atoms with Crippen LogP contribution in [0.15, 0.2) is 0 Å². The van der Waals surface area contributed by atoms with Crippen molar-refractivity contribution in [1.82, 2.24) is 6.15 Å². The molecule has 3 unspecified atom stereocenters. The van der Waals surface area contributed by atoms with E-state index in [0.29, 0.717) is 0 Å². The van der Waals surface area contributed by atoms with E-state index in [4.69, 9.17) is 14.6 Å². The maximum atomic E-state index is 12.1. The molecular formula is C22H46NNaO8S. The summed E-state index contributed by atoms with van der Waals surface area (Å²) in [5, 5.41) is 5.51. The number of carbonyl (C=O) groups is 2. The Morgan fingerprint density at radius 1 is 0.879 bits per heavy atom. The first-order valence-electron chi connectivity index (χ1n) is 11.5. The third-order valence-electron chi connectivity index (χ3n) is 4.99. The third kappa shape index (κ3) is 22.0. The number of unbranched alkanes of at least 4 members (excludes halogenated alkanes) is 2. The molecule has 0 saturated heterocycles. The second-order valence-corrected chi connectivity index (χ2v) is 9.20. The van der Waals surface area contributed by atoms with Gasteiger partial charge in [-0.05, 0) is 31.6 Å². The van der Waals surface area contributed by atoms with E-state index in [-0.39, 0.29) is 67.4 Å². The summed E-state index contributed by atoms with van der Waals surface area (Å²) >= 11 is 0. The number of esters is 2. The van der Waals surface area contributed by atoms with Crippen LogP contribution in [0.4, 0.5) is 0 Å². The average Bonchev–Trinajstić information content (AvgIpc) is 2.71. The van der Waals surface area contributed by atoms with Gasteiger partial charge in [0.2, 0.25) is 0 Å². The zero-order valence-corrected chi connectivity index (χ0v) is 24.5. The van der Waals surface area contributed by atoms with E-state index in [9.17, 15) is 22.6 Å². The number of aliphatic hydroxyl groups excluding tert-OH is 1. The van der Waals surface area contributed by atoms with Gasteiger partial charge in [-0.25, -0.2) is 8.42 Å². The molecule has 4 N–H and O–H groups in total. The fraction of sp³-hybridized carbons (Fsp3) is 0.909. The average molecular weight is 508 g/mol. The zero-order valence-electron chi connectivity index (χ0n) is 21.6. The fourth-order valence-corrected chi connectivity index (χ4v) is 3.46. The van der Waals surface area contributed by atoms with Crippen LogP contribution in [0.1, 0.15) is 92.4 Å². The smallest absolute Gasteiger partial charge is 0.747 e. The number of aliphatic hydroxyl groups is 1. The Hall–Kier alpha value is -0.230. The minimum Gasteiger partial charge on any atom is -0.747 e. The van der Waals surface area contributed by atoms with E-state index < -0.39 is 33.7 Å². The van der Waals surface area contributed by atoms with Gasteiger partial charge >= 0.3 is 41.5 Å². The summed E-state index contributed by atoms with van der Waals surface area (Å²) in [7, 11) is -5.01. The molecule has 194 valence electrons. The number of ether oxygens (including phenoxy) is 2. The molecular weight excluding hydrogens is 461 g/mol. The molecule has 0 aromatic heterocycles. The third-order valence-corrected chi connectivity index (χ3v) is 6.05. The summed E-state index contributed by atoms with van der Waals surface area (Å²) < 4.78 is 44.6. The summed E-state index contributed by atoms with van der Waals surface area (Å²) in [5.74, 6) is -1.74. The molecule has 3 atom stereocenters. The Morgan fingerprint density at radius 2 is 1.27 bits per heavy atom. The van der Waals surface area contributed by atoms with Crippen LogP contribution in [-0.2, 0) is 29.2 Å². The van der Waals surface area contributed by atoms with Crippen LogP contribution in [-0.4, -0.2) is 55.1 Å².